The van der Waals surface area contributed by atoms with Gasteiger partial charge in [-0.05, 0) is 25.1 Å². The third-order valence-corrected chi connectivity index (χ3v) is 3.02. The van der Waals surface area contributed by atoms with Crippen LogP contribution in [0.4, 0.5) is 0 Å². The van der Waals surface area contributed by atoms with E-state index in [1.807, 2.05) is 25.1 Å². The van der Waals surface area contributed by atoms with Gasteiger partial charge in [0.15, 0.2) is 0 Å². The normalized spacial score (nSPS) is 12.7. The van der Waals surface area contributed by atoms with Crippen molar-refractivity contribution in [1.82, 2.24) is 15.4 Å². The molecule has 0 bridgehead atoms. The molecule has 0 saturated heterocycles. The summed E-state index contributed by atoms with van der Waals surface area (Å²) in [4.78, 5) is 8.30. The van der Waals surface area contributed by atoms with Crippen molar-refractivity contribution in [1.29, 1.82) is 0 Å². The van der Waals surface area contributed by atoms with E-state index in [0.29, 0.717) is 0 Å². The quantitative estimate of drug-likeness (QED) is 0.552. The van der Waals surface area contributed by atoms with Crippen LogP contribution in [0.3, 0.4) is 0 Å². The third-order valence-electron chi connectivity index (χ3n) is 3.02. The Balaban J connectivity index is 2.07. The zero-order valence-electron chi connectivity index (χ0n) is 10.5. The summed E-state index contributed by atoms with van der Waals surface area (Å²) in [7, 11) is 0. The first-order chi connectivity index (χ1) is 9.28. The molecule has 0 saturated carbocycles. The molecular formula is C14H14N4O. The van der Waals surface area contributed by atoms with E-state index in [1.165, 1.54) is 5.56 Å². The first kappa shape index (κ1) is 11.8. The highest BCUT2D eigenvalue weighted by Gasteiger charge is 2.18. The third kappa shape index (κ3) is 2.21. The number of nitrogens with one attached hydrogen (secondary N) is 1. The van der Waals surface area contributed by atoms with Crippen molar-refractivity contribution in [3.05, 3.63) is 59.9 Å². The fraction of sp³-hybridized carbons (Fsp3) is 0.143. The van der Waals surface area contributed by atoms with Crippen molar-refractivity contribution >= 4 is 11.0 Å². The molecule has 3 N–H and O–H groups in total. The summed E-state index contributed by atoms with van der Waals surface area (Å²) in [6.45, 7) is 2.05. The Morgan fingerprint density at radius 1 is 1.26 bits per heavy atom. The molecule has 0 amide bonds. The molecule has 5 nitrogen and oxygen atoms in total. The second-order valence-electron chi connectivity index (χ2n) is 4.42. The Labute approximate surface area is 110 Å². The van der Waals surface area contributed by atoms with Gasteiger partial charge in [0.1, 0.15) is 17.4 Å². The standard InChI is InChI=1S/C14H14N4O/c1-9-2-3-12-10(6-9)7-13(19-12)14(18-15)11-8-16-4-5-17-11/h2-8,14,18H,15H2,1H3. The summed E-state index contributed by atoms with van der Waals surface area (Å²) in [6.07, 6.45) is 4.93. The minimum atomic E-state index is -0.304. The van der Waals surface area contributed by atoms with Gasteiger partial charge in [-0.3, -0.25) is 15.8 Å². The molecule has 5 heteroatoms. The summed E-state index contributed by atoms with van der Waals surface area (Å²) < 4.78 is 5.82. The second-order valence-corrected chi connectivity index (χ2v) is 4.42. The van der Waals surface area contributed by atoms with Crippen LogP contribution in [-0.2, 0) is 0 Å². The van der Waals surface area contributed by atoms with Gasteiger partial charge in [0, 0.05) is 17.8 Å². The lowest BCUT2D eigenvalue weighted by molar-refractivity contribution is 0.470. The van der Waals surface area contributed by atoms with Crippen molar-refractivity contribution in [2.75, 3.05) is 0 Å². The molecule has 0 aliphatic rings. The second kappa shape index (κ2) is 4.79. The molecule has 96 valence electrons. The van der Waals surface area contributed by atoms with E-state index in [0.717, 1.165) is 22.4 Å². The van der Waals surface area contributed by atoms with Crippen LogP contribution in [0.1, 0.15) is 23.1 Å². The Morgan fingerprint density at radius 2 is 2.16 bits per heavy atom. The lowest BCUT2D eigenvalue weighted by Gasteiger charge is -2.11. The van der Waals surface area contributed by atoms with E-state index in [-0.39, 0.29) is 6.04 Å². The van der Waals surface area contributed by atoms with E-state index in [1.54, 1.807) is 18.6 Å². The Morgan fingerprint density at radius 3 is 2.89 bits per heavy atom. The monoisotopic (exact) mass is 254 g/mol. The van der Waals surface area contributed by atoms with Crippen molar-refractivity contribution in [2.24, 2.45) is 5.84 Å². The van der Waals surface area contributed by atoms with Gasteiger partial charge in [0.2, 0.25) is 0 Å². The summed E-state index contributed by atoms with van der Waals surface area (Å²) in [5.74, 6) is 6.34. The number of rotatable bonds is 3. The molecule has 3 aromatic rings. The van der Waals surface area contributed by atoms with Crippen molar-refractivity contribution < 1.29 is 4.42 Å². The van der Waals surface area contributed by atoms with E-state index >= 15 is 0 Å². The highest BCUT2D eigenvalue weighted by atomic mass is 16.3. The van der Waals surface area contributed by atoms with Gasteiger partial charge >= 0.3 is 0 Å². The van der Waals surface area contributed by atoms with E-state index in [4.69, 9.17) is 10.3 Å². The molecule has 0 aliphatic carbocycles. The average molecular weight is 254 g/mol. The zero-order chi connectivity index (χ0) is 13.2. The van der Waals surface area contributed by atoms with Crippen molar-refractivity contribution in [3.63, 3.8) is 0 Å². The molecule has 0 spiro atoms. The van der Waals surface area contributed by atoms with Gasteiger partial charge in [0.25, 0.3) is 0 Å². The number of nitrogens with two attached hydrogens (primary N) is 1. The topological polar surface area (TPSA) is 77.0 Å². The predicted molar refractivity (Wildman–Crippen MR) is 72.1 cm³/mol. The van der Waals surface area contributed by atoms with E-state index in [9.17, 15) is 0 Å². The molecule has 19 heavy (non-hydrogen) atoms. The summed E-state index contributed by atoms with van der Waals surface area (Å²) in [6, 6.07) is 7.72. The molecule has 1 atom stereocenters. The van der Waals surface area contributed by atoms with Gasteiger partial charge < -0.3 is 4.42 Å². The van der Waals surface area contributed by atoms with Crippen LogP contribution in [0.2, 0.25) is 0 Å². The molecule has 0 aliphatic heterocycles. The number of fused-ring (bicyclic) bond motifs is 1. The summed E-state index contributed by atoms with van der Waals surface area (Å²) in [5.41, 5.74) is 5.47. The van der Waals surface area contributed by atoms with Crippen LogP contribution in [0, 0.1) is 6.92 Å². The van der Waals surface area contributed by atoms with Gasteiger partial charge in [-0.1, -0.05) is 11.6 Å². The maximum absolute atomic E-state index is 5.82. The summed E-state index contributed by atoms with van der Waals surface area (Å²) >= 11 is 0. The molecular weight excluding hydrogens is 240 g/mol. The molecule has 0 fully saturated rings. The van der Waals surface area contributed by atoms with E-state index in [2.05, 4.69) is 21.5 Å². The Hall–Kier alpha value is -2.24. The largest absolute Gasteiger partial charge is 0.459 e. The van der Waals surface area contributed by atoms with Gasteiger partial charge in [-0.2, -0.15) is 0 Å². The molecule has 0 radical (unpaired) electrons. The maximum Gasteiger partial charge on any atom is 0.134 e. The minimum Gasteiger partial charge on any atom is -0.459 e. The van der Waals surface area contributed by atoms with Crippen LogP contribution in [0.25, 0.3) is 11.0 Å². The smallest absolute Gasteiger partial charge is 0.134 e. The fourth-order valence-corrected chi connectivity index (χ4v) is 2.10. The fourth-order valence-electron chi connectivity index (χ4n) is 2.10. The molecule has 1 aromatic carbocycles. The number of nitrogens with zero attached hydrogens (tertiary/aromatic N) is 2. The SMILES string of the molecule is Cc1ccc2oc(C(NN)c3cnccn3)cc2c1. The van der Waals surface area contributed by atoms with E-state index < -0.39 is 0 Å². The van der Waals surface area contributed by atoms with Crippen LogP contribution >= 0.6 is 0 Å². The average Bonchev–Trinajstić information content (AvgIpc) is 2.83. The number of furan rings is 1. The number of hydrogen-bond acceptors (Lipinski definition) is 5. The lowest BCUT2D eigenvalue weighted by atomic mass is 10.1. The van der Waals surface area contributed by atoms with Crippen LogP contribution in [0.5, 0.6) is 0 Å². The van der Waals surface area contributed by atoms with Crippen LogP contribution < -0.4 is 11.3 Å². The Kier molecular flexibility index (Phi) is 2.98. The number of aryl methyl sites for hydroxylation is 1. The van der Waals surface area contributed by atoms with Gasteiger partial charge in [0.05, 0.1) is 11.9 Å². The van der Waals surface area contributed by atoms with Crippen molar-refractivity contribution in [2.45, 2.75) is 13.0 Å². The Bertz CT molecular complexity index is 693. The number of hydrogen-bond donors (Lipinski definition) is 2. The first-order valence-electron chi connectivity index (χ1n) is 6.00. The first-order valence-corrected chi connectivity index (χ1v) is 6.00. The lowest BCUT2D eigenvalue weighted by Crippen LogP contribution is -2.29. The highest BCUT2D eigenvalue weighted by molar-refractivity contribution is 5.78. The van der Waals surface area contributed by atoms with Gasteiger partial charge in [-0.15, -0.1) is 0 Å². The molecule has 3 rings (SSSR count). The van der Waals surface area contributed by atoms with Crippen LogP contribution in [-0.4, -0.2) is 9.97 Å². The molecule has 2 aromatic heterocycles. The zero-order valence-corrected chi connectivity index (χ0v) is 10.5. The number of hydrazine groups is 1. The number of benzene rings is 1. The minimum absolute atomic E-state index is 0.304. The molecule has 1 unspecified atom stereocenters. The molecule has 2 heterocycles. The van der Waals surface area contributed by atoms with Crippen molar-refractivity contribution in [3.8, 4) is 0 Å². The predicted octanol–water partition coefficient (Wildman–Crippen LogP) is 2.08. The number of aromatic nitrogens is 2. The van der Waals surface area contributed by atoms with Gasteiger partial charge in [-0.25, -0.2) is 5.43 Å². The maximum atomic E-state index is 5.82. The highest BCUT2D eigenvalue weighted by Crippen LogP contribution is 2.27. The van der Waals surface area contributed by atoms with Crippen LogP contribution in [0.15, 0.2) is 47.3 Å². The summed E-state index contributed by atoms with van der Waals surface area (Å²) in [5, 5.41) is 1.05.